The lowest BCUT2D eigenvalue weighted by Gasteiger charge is -2.34. The number of nitrogens with zero attached hydrogens (tertiary/aromatic N) is 4. The molecule has 2 rings (SSSR count). The second-order valence-corrected chi connectivity index (χ2v) is 6.63. The Labute approximate surface area is 112 Å². The molecule has 0 atom stereocenters. The molecule has 2 heterocycles. The predicted octanol–water partition coefficient (Wildman–Crippen LogP) is 0.602. The Balaban J connectivity index is 2.03. The number of halogens is 1. The molecule has 18 heavy (non-hydrogen) atoms. The van der Waals surface area contributed by atoms with Gasteiger partial charge in [0, 0.05) is 26.2 Å². The maximum Gasteiger partial charge on any atom is 0.213 e. The molecular formula is C10H15ClN4O2S. The zero-order chi connectivity index (χ0) is 13.2. The Bertz CT molecular complexity index is 514. The van der Waals surface area contributed by atoms with E-state index >= 15 is 0 Å². The van der Waals surface area contributed by atoms with Crippen LogP contribution in [0.15, 0.2) is 12.4 Å². The molecule has 0 unspecified atom stereocenters. The molecule has 0 aromatic carbocycles. The van der Waals surface area contributed by atoms with Gasteiger partial charge in [-0.25, -0.2) is 13.4 Å². The van der Waals surface area contributed by atoms with Crippen molar-refractivity contribution in [3.8, 4) is 0 Å². The van der Waals surface area contributed by atoms with Gasteiger partial charge >= 0.3 is 0 Å². The van der Waals surface area contributed by atoms with Crippen LogP contribution < -0.4 is 4.90 Å². The van der Waals surface area contributed by atoms with Crippen molar-refractivity contribution in [2.75, 3.05) is 36.8 Å². The van der Waals surface area contributed by atoms with Crippen LogP contribution in [0.3, 0.4) is 0 Å². The molecular weight excluding hydrogens is 276 g/mol. The highest BCUT2D eigenvalue weighted by Crippen LogP contribution is 2.16. The van der Waals surface area contributed by atoms with Crippen molar-refractivity contribution in [1.29, 1.82) is 0 Å². The molecule has 0 amide bonds. The summed E-state index contributed by atoms with van der Waals surface area (Å²) in [6, 6.07) is 0. The number of hydrogen-bond donors (Lipinski definition) is 0. The third-order valence-electron chi connectivity index (χ3n) is 2.91. The van der Waals surface area contributed by atoms with Crippen molar-refractivity contribution in [2.45, 2.75) is 6.92 Å². The summed E-state index contributed by atoms with van der Waals surface area (Å²) in [7, 11) is -3.09. The molecule has 0 radical (unpaired) electrons. The van der Waals surface area contributed by atoms with E-state index in [1.54, 1.807) is 13.1 Å². The summed E-state index contributed by atoms with van der Waals surface area (Å²) < 4.78 is 24.9. The van der Waals surface area contributed by atoms with Crippen molar-refractivity contribution in [3.63, 3.8) is 0 Å². The van der Waals surface area contributed by atoms with Crippen LogP contribution in [0.4, 0.5) is 5.82 Å². The summed E-state index contributed by atoms with van der Waals surface area (Å²) in [4.78, 5) is 10.1. The minimum atomic E-state index is -3.09. The molecule has 0 bridgehead atoms. The minimum absolute atomic E-state index is 0.143. The molecule has 0 spiro atoms. The van der Waals surface area contributed by atoms with Gasteiger partial charge in [-0.2, -0.15) is 4.31 Å². The van der Waals surface area contributed by atoms with Gasteiger partial charge < -0.3 is 4.90 Å². The number of anilines is 1. The summed E-state index contributed by atoms with van der Waals surface area (Å²) in [5.41, 5.74) is 0. The number of rotatable bonds is 3. The Morgan fingerprint density at radius 3 is 2.50 bits per heavy atom. The quantitative estimate of drug-likeness (QED) is 0.816. The van der Waals surface area contributed by atoms with Crippen molar-refractivity contribution < 1.29 is 8.42 Å². The van der Waals surface area contributed by atoms with E-state index < -0.39 is 10.0 Å². The first kappa shape index (κ1) is 13.5. The molecule has 0 saturated carbocycles. The normalized spacial score (nSPS) is 18.0. The first-order chi connectivity index (χ1) is 8.53. The standard InChI is InChI=1S/C10H15ClN4O2S/c1-2-18(16,17)15-5-3-14(4-6-15)10-8-12-7-9(11)13-10/h7-8H,2-6H2,1H3. The molecule has 100 valence electrons. The maximum absolute atomic E-state index is 11.7. The average Bonchev–Trinajstić information content (AvgIpc) is 2.39. The first-order valence-corrected chi connectivity index (χ1v) is 7.72. The van der Waals surface area contributed by atoms with Gasteiger partial charge in [-0.3, -0.25) is 4.98 Å². The first-order valence-electron chi connectivity index (χ1n) is 5.73. The van der Waals surface area contributed by atoms with Gasteiger partial charge in [0.2, 0.25) is 10.0 Å². The van der Waals surface area contributed by atoms with E-state index in [9.17, 15) is 8.42 Å². The van der Waals surface area contributed by atoms with Crippen LogP contribution in [0.5, 0.6) is 0 Å². The molecule has 1 aliphatic rings. The number of aromatic nitrogens is 2. The lowest BCUT2D eigenvalue weighted by molar-refractivity contribution is 0.384. The van der Waals surface area contributed by atoms with Crippen LogP contribution >= 0.6 is 11.6 Å². The number of piperazine rings is 1. The Morgan fingerprint density at radius 2 is 1.94 bits per heavy atom. The molecule has 1 saturated heterocycles. The zero-order valence-electron chi connectivity index (χ0n) is 10.1. The van der Waals surface area contributed by atoms with Gasteiger partial charge in [-0.1, -0.05) is 11.6 Å². The summed E-state index contributed by atoms with van der Waals surface area (Å²) in [5.74, 6) is 0.834. The van der Waals surface area contributed by atoms with E-state index in [1.807, 2.05) is 4.90 Å². The highest BCUT2D eigenvalue weighted by molar-refractivity contribution is 7.89. The topological polar surface area (TPSA) is 66.4 Å². The maximum atomic E-state index is 11.7. The summed E-state index contributed by atoms with van der Waals surface area (Å²) in [6.07, 6.45) is 3.11. The zero-order valence-corrected chi connectivity index (χ0v) is 11.7. The summed E-state index contributed by atoms with van der Waals surface area (Å²) >= 11 is 5.78. The van der Waals surface area contributed by atoms with Crippen LogP contribution in [-0.2, 0) is 10.0 Å². The van der Waals surface area contributed by atoms with Crippen LogP contribution in [0.1, 0.15) is 6.92 Å². The molecule has 8 heteroatoms. The molecule has 1 aliphatic heterocycles. The predicted molar refractivity (Wildman–Crippen MR) is 70.3 cm³/mol. The van der Waals surface area contributed by atoms with Gasteiger partial charge in [-0.05, 0) is 6.92 Å². The Hall–Kier alpha value is -0.920. The summed E-state index contributed by atoms with van der Waals surface area (Å²) in [6.45, 7) is 3.82. The van der Waals surface area contributed by atoms with E-state index in [4.69, 9.17) is 11.6 Å². The second-order valence-electron chi connectivity index (χ2n) is 3.99. The molecule has 6 nitrogen and oxygen atoms in total. The van der Waals surface area contributed by atoms with Crippen molar-refractivity contribution in [1.82, 2.24) is 14.3 Å². The second kappa shape index (κ2) is 5.38. The van der Waals surface area contributed by atoms with Crippen LogP contribution in [0, 0.1) is 0 Å². The smallest absolute Gasteiger partial charge is 0.213 e. The number of hydrogen-bond acceptors (Lipinski definition) is 5. The molecule has 0 aliphatic carbocycles. The van der Waals surface area contributed by atoms with Crippen molar-refractivity contribution >= 4 is 27.4 Å². The Kier molecular flexibility index (Phi) is 4.04. The van der Waals surface area contributed by atoms with Gasteiger partial charge in [0.05, 0.1) is 18.1 Å². The molecule has 1 fully saturated rings. The highest BCUT2D eigenvalue weighted by Gasteiger charge is 2.25. The van der Waals surface area contributed by atoms with Gasteiger partial charge in [0.1, 0.15) is 11.0 Å². The van der Waals surface area contributed by atoms with Gasteiger partial charge in [0.15, 0.2) is 0 Å². The highest BCUT2D eigenvalue weighted by atomic mass is 35.5. The van der Waals surface area contributed by atoms with Crippen molar-refractivity contribution in [2.24, 2.45) is 0 Å². The fourth-order valence-corrected chi connectivity index (χ4v) is 3.09. The van der Waals surface area contributed by atoms with E-state index in [1.165, 1.54) is 10.5 Å². The fourth-order valence-electron chi connectivity index (χ4n) is 1.86. The fraction of sp³-hybridized carbons (Fsp3) is 0.600. The van der Waals surface area contributed by atoms with E-state index in [0.29, 0.717) is 37.1 Å². The average molecular weight is 291 g/mol. The third-order valence-corrected chi connectivity index (χ3v) is 4.98. The van der Waals surface area contributed by atoms with Crippen LogP contribution in [0.25, 0.3) is 0 Å². The lowest BCUT2D eigenvalue weighted by Crippen LogP contribution is -2.49. The van der Waals surface area contributed by atoms with Gasteiger partial charge in [0.25, 0.3) is 0 Å². The minimum Gasteiger partial charge on any atom is -0.353 e. The van der Waals surface area contributed by atoms with Crippen molar-refractivity contribution in [3.05, 3.63) is 17.5 Å². The lowest BCUT2D eigenvalue weighted by atomic mass is 10.3. The molecule has 0 N–H and O–H groups in total. The molecule has 1 aromatic rings. The molecule has 1 aromatic heterocycles. The largest absolute Gasteiger partial charge is 0.353 e. The van der Waals surface area contributed by atoms with Gasteiger partial charge in [-0.15, -0.1) is 0 Å². The SMILES string of the molecule is CCS(=O)(=O)N1CCN(c2cncc(Cl)n2)CC1. The van der Waals surface area contributed by atoms with Crippen LogP contribution in [0.2, 0.25) is 5.15 Å². The monoisotopic (exact) mass is 290 g/mol. The van der Waals surface area contributed by atoms with Crippen LogP contribution in [-0.4, -0.2) is 54.6 Å². The van der Waals surface area contributed by atoms with E-state index in [-0.39, 0.29) is 5.75 Å². The third kappa shape index (κ3) is 2.90. The van der Waals surface area contributed by atoms with E-state index in [0.717, 1.165) is 0 Å². The Morgan fingerprint density at radius 1 is 1.28 bits per heavy atom. The number of sulfonamides is 1. The van der Waals surface area contributed by atoms with E-state index in [2.05, 4.69) is 9.97 Å². The summed E-state index contributed by atoms with van der Waals surface area (Å²) in [5, 5.41) is 0.344.